The zero-order valence-corrected chi connectivity index (χ0v) is 16.0. The number of ether oxygens (including phenoxy) is 1. The molecule has 0 spiro atoms. The topological polar surface area (TPSA) is 58.6 Å². The lowest BCUT2D eigenvalue weighted by atomic mass is 10.2. The Balaban J connectivity index is 1.61. The van der Waals surface area contributed by atoms with Crippen LogP contribution < -0.4 is 5.32 Å². The number of nitrogens with one attached hydrogen (secondary N) is 1. The van der Waals surface area contributed by atoms with Crippen molar-refractivity contribution in [3.63, 3.8) is 0 Å². The number of anilines is 1. The Labute approximate surface area is 155 Å². The fraction of sp³-hybridized carbons (Fsp3) is 0.444. The van der Waals surface area contributed by atoms with Crippen LogP contribution in [-0.2, 0) is 9.53 Å². The van der Waals surface area contributed by atoms with Gasteiger partial charge in [0.05, 0.1) is 18.2 Å². The van der Waals surface area contributed by atoms with Crippen molar-refractivity contribution < 1.29 is 14.3 Å². The molecule has 2 aromatic heterocycles. The van der Waals surface area contributed by atoms with Gasteiger partial charge in [0.15, 0.2) is 0 Å². The molecule has 5 nitrogen and oxygen atoms in total. The van der Waals surface area contributed by atoms with Crippen LogP contribution in [0, 0.1) is 6.92 Å². The third-order valence-corrected chi connectivity index (χ3v) is 6.33. The SMILES string of the molecule is CCOC(=O)c1sc(NC(=O)CN2CCC[C@H]2c2cccs2)cc1C. The van der Waals surface area contributed by atoms with Crippen LogP contribution in [0.2, 0.25) is 0 Å². The second-order valence-corrected chi connectivity index (χ2v) is 8.07. The molecule has 1 aliphatic heterocycles. The van der Waals surface area contributed by atoms with Crippen molar-refractivity contribution in [2.75, 3.05) is 25.0 Å². The van der Waals surface area contributed by atoms with Crippen molar-refractivity contribution in [3.8, 4) is 0 Å². The van der Waals surface area contributed by atoms with Crippen LogP contribution in [0.4, 0.5) is 5.00 Å². The van der Waals surface area contributed by atoms with Gasteiger partial charge in [-0.05, 0) is 56.3 Å². The second kappa shape index (κ2) is 8.12. The van der Waals surface area contributed by atoms with Gasteiger partial charge >= 0.3 is 5.97 Å². The van der Waals surface area contributed by atoms with Crippen molar-refractivity contribution in [3.05, 3.63) is 38.9 Å². The Morgan fingerprint density at radius 1 is 1.44 bits per heavy atom. The van der Waals surface area contributed by atoms with Gasteiger partial charge in [0.2, 0.25) is 5.91 Å². The minimum absolute atomic E-state index is 0.0416. The van der Waals surface area contributed by atoms with E-state index in [1.165, 1.54) is 16.2 Å². The molecule has 1 N–H and O–H groups in total. The van der Waals surface area contributed by atoms with Gasteiger partial charge in [0, 0.05) is 10.9 Å². The minimum atomic E-state index is -0.331. The zero-order valence-electron chi connectivity index (χ0n) is 14.4. The summed E-state index contributed by atoms with van der Waals surface area (Å²) in [6, 6.07) is 6.36. The average Bonchev–Trinajstić information content (AvgIpc) is 3.28. The number of hydrogen-bond donors (Lipinski definition) is 1. The van der Waals surface area contributed by atoms with E-state index in [2.05, 4.69) is 27.7 Å². The third kappa shape index (κ3) is 4.29. The molecular weight excluding hydrogens is 356 g/mol. The molecule has 0 radical (unpaired) electrons. The summed E-state index contributed by atoms with van der Waals surface area (Å²) in [5, 5.41) is 5.70. The van der Waals surface area contributed by atoms with E-state index in [0.717, 1.165) is 24.9 Å². The number of carbonyl (C=O) groups is 2. The number of likely N-dealkylation sites (tertiary alicyclic amines) is 1. The van der Waals surface area contributed by atoms with Crippen molar-refractivity contribution in [1.82, 2.24) is 4.90 Å². The lowest BCUT2D eigenvalue weighted by Gasteiger charge is -2.22. The first-order chi connectivity index (χ1) is 12.1. The Morgan fingerprint density at radius 3 is 3.00 bits per heavy atom. The van der Waals surface area contributed by atoms with E-state index in [-0.39, 0.29) is 11.9 Å². The van der Waals surface area contributed by atoms with E-state index < -0.39 is 0 Å². The summed E-state index contributed by atoms with van der Waals surface area (Å²) in [7, 11) is 0. The number of carbonyl (C=O) groups excluding carboxylic acids is 2. The standard InChI is InChI=1S/C18H22N2O3S2/c1-3-23-18(22)17-12(2)10-16(25-17)19-15(21)11-20-8-4-6-13(20)14-7-5-9-24-14/h5,7,9-10,13H,3-4,6,8,11H2,1-2H3,(H,19,21)/t13-/m0/s1. The van der Waals surface area contributed by atoms with Gasteiger partial charge in [-0.2, -0.15) is 0 Å². The molecule has 134 valence electrons. The molecule has 7 heteroatoms. The maximum Gasteiger partial charge on any atom is 0.348 e. The Hall–Kier alpha value is -1.70. The molecule has 1 fully saturated rings. The number of rotatable bonds is 6. The molecular formula is C18H22N2O3S2. The Bertz CT molecular complexity index is 740. The first-order valence-electron chi connectivity index (χ1n) is 8.43. The summed E-state index contributed by atoms with van der Waals surface area (Å²) in [6.45, 7) is 5.29. The number of nitrogens with zero attached hydrogens (tertiary/aromatic N) is 1. The lowest BCUT2D eigenvalue weighted by molar-refractivity contribution is -0.117. The second-order valence-electron chi connectivity index (χ2n) is 6.04. The van der Waals surface area contributed by atoms with E-state index in [9.17, 15) is 9.59 Å². The van der Waals surface area contributed by atoms with Crippen LogP contribution in [0.15, 0.2) is 23.6 Å². The molecule has 2 aromatic rings. The molecule has 0 bridgehead atoms. The summed E-state index contributed by atoms with van der Waals surface area (Å²) >= 11 is 3.01. The molecule has 3 rings (SSSR count). The molecule has 1 saturated heterocycles. The maximum atomic E-state index is 12.4. The molecule has 0 saturated carbocycles. The Kier molecular flexibility index (Phi) is 5.88. The van der Waals surface area contributed by atoms with Crippen LogP contribution in [0.1, 0.15) is 45.9 Å². The molecule has 0 unspecified atom stereocenters. The summed E-state index contributed by atoms with van der Waals surface area (Å²) in [6.07, 6.45) is 2.21. The highest BCUT2D eigenvalue weighted by atomic mass is 32.1. The van der Waals surface area contributed by atoms with E-state index >= 15 is 0 Å². The minimum Gasteiger partial charge on any atom is -0.462 e. The highest BCUT2D eigenvalue weighted by Gasteiger charge is 2.28. The number of amides is 1. The van der Waals surface area contributed by atoms with E-state index in [4.69, 9.17) is 4.74 Å². The largest absolute Gasteiger partial charge is 0.462 e. The molecule has 1 atom stereocenters. The predicted octanol–water partition coefficient (Wildman–Crippen LogP) is 4.07. The van der Waals surface area contributed by atoms with Gasteiger partial charge in [-0.1, -0.05) is 6.07 Å². The fourth-order valence-corrected chi connectivity index (χ4v) is 5.00. The van der Waals surface area contributed by atoms with Crippen LogP contribution in [-0.4, -0.2) is 36.5 Å². The van der Waals surface area contributed by atoms with Gasteiger partial charge in [-0.3, -0.25) is 9.69 Å². The van der Waals surface area contributed by atoms with Crippen molar-refractivity contribution >= 4 is 39.6 Å². The predicted molar refractivity (Wildman–Crippen MR) is 102 cm³/mol. The molecule has 3 heterocycles. The molecule has 25 heavy (non-hydrogen) atoms. The van der Waals surface area contributed by atoms with Crippen molar-refractivity contribution in [2.24, 2.45) is 0 Å². The molecule has 1 aliphatic rings. The highest BCUT2D eigenvalue weighted by Crippen LogP contribution is 2.34. The number of thiophene rings is 2. The first-order valence-corrected chi connectivity index (χ1v) is 10.1. The normalized spacial score (nSPS) is 17.6. The maximum absolute atomic E-state index is 12.4. The van der Waals surface area contributed by atoms with E-state index in [1.54, 1.807) is 18.3 Å². The quantitative estimate of drug-likeness (QED) is 0.770. The van der Waals surface area contributed by atoms with Gasteiger partial charge in [0.1, 0.15) is 4.88 Å². The summed E-state index contributed by atoms with van der Waals surface area (Å²) < 4.78 is 5.04. The van der Waals surface area contributed by atoms with Crippen LogP contribution in [0.5, 0.6) is 0 Å². The molecule has 1 amide bonds. The Morgan fingerprint density at radius 2 is 2.28 bits per heavy atom. The summed E-state index contributed by atoms with van der Waals surface area (Å²) in [5.74, 6) is -0.372. The monoisotopic (exact) mass is 378 g/mol. The van der Waals surface area contributed by atoms with E-state index in [1.807, 2.05) is 13.0 Å². The molecule has 0 aliphatic carbocycles. The number of esters is 1. The average molecular weight is 379 g/mol. The third-order valence-electron chi connectivity index (χ3n) is 4.22. The fourth-order valence-electron chi connectivity index (χ4n) is 3.12. The van der Waals surface area contributed by atoms with E-state index in [0.29, 0.717) is 29.1 Å². The highest BCUT2D eigenvalue weighted by molar-refractivity contribution is 7.18. The van der Waals surface area contributed by atoms with Gasteiger partial charge in [0.25, 0.3) is 0 Å². The lowest BCUT2D eigenvalue weighted by Crippen LogP contribution is -2.32. The van der Waals surface area contributed by atoms with Gasteiger partial charge in [-0.15, -0.1) is 22.7 Å². The van der Waals surface area contributed by atoms with Crippen molar-refractivity contribution in [2.45, 2.75) is 32.7 Å². The number of hydrogen-bond acceptors (Lipinski definition) is 6. The smallest absolute Gasteiger partial charge is 0.348 e. The van der Waals surface area contributed by atoms with Gasteiger partial charge < -0.3 is 10.1 Å². The first kappa shape index (κ1) is 18.1. The van der Waals surface area contributed by atoms with Gasteiger partial charge in [-0.25, -0.2) is 4.79 Å². The number of aryl methyl sites for hydroxylation is 1. The summed E-state index contributed by atoms with van der Waals surface area (Å²) in [5.41, 5.74) is 0.830. The van der Waals surface area contributed by atoms with Crippen LogP contribution >= 0.6 is 22.7 Å². The molecule has 0 aromatic carbocycles. The zero-order chi connectivity index (χ0) is 17.8. The summed E-state index contributed by atoms with van der Waals surface area (Å²) in [4.78, 5) is 28.4. The van der Waals surface area contributed by atoms with Crippen molar-refractivity contribution in [1.29, 1.82) is 0 Å². The van der Waals surface area contributed by atoms with Crippen LogP contribution in [0.25, 0.3) is 0 Å². The van der Waals surface area contributed by atoms with Crippen LogP contribution in [0.3, 0.4) is 0 Å².